The first kappa shape index (κ1) is 23.5. The van der Waals surface area contributed by atoms with Gasteiger partial charge in [-0.1, -0.05) is 20.3 Å². The number of piperidine rings is 1. The minimum atomic E-state index is -0.0451. The van der Waals surface area contributed by atoms with Crippen molar-refractivity contribution in [1.82, 2.24) is 9.80 Å². The molecule has 0 spiro atoms. The van der Waals surface area contributed by atoms with Crippen LogP contribution in [0.4, 0.5) is 0 Å². The minimum Gasteiger partial charge on any atom is -0.493 e. The summed E-state index contributed by atoms with van der Waals surface area (Å²) in [5, 5.41) is 0. The number of unbranched alkanes of at least 4 members (excludes halogenated alkanes) is 1. The van der Waals surface area contributed by atoms with E-state index in [1.54, 1.807) is 19.2 Å². The van der Waals surface area contributed by atoms with E-state index in [0.717, 1.165) is 25.8 Å². The molecular formula is C22H33BrN2O4. The third kappa shape index (κ3) is 6.11. The zero-order chi connectivity index (χ0) is 21.4. The van der Waals surface area contributed by atoms with Gasteiger partial charge in [0.1, 0.15) is 0 Å². The van der Waals surface area contributed by atoms with Gasteiger partial charge in [0.15, 0.2) is 11.5 Å². The smallest absolute Gasteiger partial charge is 0.254 e. The Kier molecular flexibility index (Phi) is 9.27. The van der Waals surface area contributed by atoms with Crippen molar-refractivity contribution < 1.29 is 19.1 Å². The minimum absolute atomic E-state index is 0.00648. The second-order valence-corrected chi connectivity index (χ2v) is 8.37. The Hall–Kier alpha value is -1.76. The van der Waals surface area contributed by atoms with Crippen LogP contribution >= 0.6 is 15.9 Å². The molecule has 0 aromatic heterocycles. The quantitative estimate of drug-likeness (QED) is 0.540. The molecule has 1 aliphatic heterocycles. The summed E-state index contributed by atoms with van der Waals surface area (Å²) in [6.45, 7) is 6.72. The normalized spacial score (nSPS) is 14.6. The van der Waals surface area contributed by atoms with Crippen LogP contribution in [-0.4, -0.2) is 62.0 Å². The zero-order valence-electron chi connectivity index (χ0n) is 18.0. The van der Waals surface area contributed by atoms with Crippen LogP contribution in [0.1, 0.15) is 56.3 Å². The maximum absolute atomic E-state index is 13.0. The second kappa shape index (κ2) is 11.4. The highest BCUT2D eigenvalue weighted by molar-refractivity contribution is 9.10. The average molecular weight is 469 g/mol. The monoisotopic (exact) mass is 468 g/mol. The lowest BCUT2D eigenvalue weighted by Crippen LogP contribution is -2.43. The predicted octanol–water partition coefficient (Wildman–Crippen LogP) is 4.36. The number of benzene rings is 1. The fraction of sp³-hybridized carbons (Fsp3) is 0.636. The number of nitrogens with zero attached hydrogens (tertiary/aromatic N) is 2. The molecule has 2 rings (SSSR count). The summed E-state index contributed by atoms with van der Waals surface area (Å²) in [4.78, 5) is 29.3. The third-order valence-electron chi connectivity index (χ3n) is 5.28. The molecular weight excluding hydrogens is 436 g/mol. The zero-order valence-corrected chi connectivity index (χ0v) is 19.6. The number of amides is 2. The molecule has 7 heteroatoms. The molecule has 0 atom stereocenters. The van der Waals surface area contributed by atoms with Gasteiger partial charge in [0.2, 0.25) is 5.91 Å². The first-order valence-corrected chi connectivity index (χ1v) is 11.3. The van der Waals surface area contributed by atoms with E-state index in [1.165, 1.54) is 0 Å². The van der Waals surface area contributed by atoms with Gasteiger partial charge in [0.05, 0.1) is 18.2 Å². The summed E-state index contributed by atoms with van der Waals surface area (Å²) >= 11 is 3.50. The van der Waals surface area contributed by atoms with Crippen LogP contribution in [-0.2, 0) is 4.79 Å². The van der Waals surface area contributed by atoms with Crippen molar-refractivity contribution in [2.24, 2.45) is 5.92 Å². The van der Waals surface area contributed by atoms with Gasteiger partial charge in [-0.25, -0.2) is 0 Å². The van der Waals surface area contributed by atoms with Crippen LogP contribution in [0, 0.1) is 5.92 Å². The number of methoxy groups -OCH3 is 1. The van der Waals surface area contributed by atoms with Crippen LogP contribution in [0.2, 0.25) is 0 Å². The summed E-state index contributed by atoms with van der Waals surface area (Å²) in [5.41, 5.74) is 0.558. The SMILES string of the molecule is CCCCN(C)C(=O)C1CCN(C(=O)c2cc(Br)c(OCCC)c(OC)c2)CC1. The maximum Gasteiger partial charge on any atom is 0.254 e. The van der Waals surface area contributed by atoms with Crippen molar-refractivity contribution in [2.45, 2.75) is 46.0 Å². The molecule has 162 valence electrons. The van der Waals surface area contributed by atoms with E-state index in [9.17, 15) is 9.59 Å². The van der Waals surface area contributed by atoms with Crippen LogP contribution in [0.5, 0.6) is 11.5 Å². The van der Waals surface area contributed by atoms with E-state index in [2.05, 4.69) is 22.9 Å². The van der Waals surface area contributed by atoms with E-state index in [4.69, 9.17) is 9.47 Å². The Balaban J connectivity index is 2.02. The van der Waals surface area contributed by atoms with Gasteiger partial charge in [0.25, 0.3) is 5.91 Å². The first-order valence-electron chi connectivity index (χ1n) is 10.5. The highest BCUT2D eigenvalue weighted by Gasteiger charge is 2.30. The molecule has 2 amide bonds. The Morgan fingerprint density at radius 3 is 2.48 bits per heavy atom. The summed E-state index contributed by atoms with van der Waals surface area (Å²) in [6, 6.07) is 3.51. The number of carbonyl (C=O) groups excluding carboxylic acids is 2. The lowest BCUT2D eigenvalue weighted by Gasteiger charge is -2.33. The van der Waals surface area contributed by atoms with Crippen molar-refractivity contribution >= 4 is 27.7 Å². The van der Waals surface area contributed by atoms with Crippen molar-refractivity contribution in [3.63, 3.8) is 0 Å². The van der Waals surface area contributed by atoms with Crippen LogP contribution in [0.25, 0.3) is 0 Å². The van der Waals surface area contributed by atoms with Crippen LogP contribution in [0.15, 0.2) is 16.6 Å². The third-order valence-corrected chi connectivity index (χ3v) is 5.87. The van der Waals surface area contributed by atoms with Crippen molar-refractivity contribution in [3.05, 3.63) is 22.2 Å². The highest BCUT2D eigenvalue weighted by atomic mass is 79.9. The van der Waals surface area contributed by atoms with Crippen molar-refractivity contribution in [3.8, 4) is 11.5 Å². The van der Waals surface area contributed by atoms with E-state index in [1.807, 2.05) is 23.8 Å². The number of hydrogen-bond donors (Lipinski definition) is 0. The highest BCUT2D eigenvalue weighted by Crippen LogP contribution is 2.37. The number of likely N-dealkylation sites (tertiary alicyclic amines) is 1. The van der Waals surface area contributed by atoms with Gasteiger partial charge < -0.3 is 19.3 Å². The standard InChI is InChI=1S/C22H33BrN2O4/c1-5-7-10-24(3)21(26)16-8-11-25(12-9-16)22(27)17-14-18(23)20(29-13-6-2)19(15-17)28-4/h14-16H,5-13H2,1-4H3. The van der Waals surface area contributed by atoms with Gasteiger partial charge in [-0.3, -0.25) is 9.59 Å². The maximum atomic E-state index is 13.0. The van der Waals surface area contributed by atoms with Gasteiger partial charge in [-0.2, -0.15) is 0 Å². The van der Waals surface area contributed by atoms with Gasteiger partial charge in [-0.05, 0) is 53.7 Å². The molecule has 1 fully saturated rings. The summed E-state index contributed by atoms with van der Waals surface area (Å²) < 4.78 is 11.9. The molecule has 1 aliphatic rings. The number of halogens is 1. The summed E-state index contributed by atoms with van der Waals surface area (Å²) in [5.74, 6) is 1.32. The molecule has 6 nitrogen and oxygen atoms in total. The topological polar surface area (TPSA) is 59.1 Å². The molecule has 1 heterocycles. The Labute approximate surface area is 182 Å². The second-order valence-electron chi connectivity index (χ2n) is 7.52. The van der Waals surface area contributed by atoms with Crippen molar-refractivity contribution in [1.29, 1.82) is 0 Å². The van der Waals surface area contributed by atoms with Gasteiger partial charge in [-0.15, -0.1) is 0 Å². The van der Waals surface area contributed by atoms with E-state index >= 15 is 0 Å². The lowest BCUT2D eigenvalue weighted by molar-refractivity contribution is -0.135. The molecule has 29 heavy (non-hydrogen) atoms. The number of ether oxygens (including phenoxy) is 2. The number of carbonyl (C=O) groups is 2. The molecule has 1 saturated heterocycles. The van der Waals surface area contributed by atoms with Gasteiger partial charge in [0, 0.05) is 38.2 Å². The molecule has 0 N–H and O–H groups in total. The van der Waals surface area contributed by atoms with E-state index < -0.39 is 0 Å². The molecule has 0 bridgehead atoms. The molecule has 0 unspecified atom stereocenters. The summed E-state index contributed by atoms with van der Waals surface area (Å²) in [7, 11) is 3.45. The van der Waals surface area contributed by atoms with Crippen LogP contribution in [0.3, 0.4) is 0 Å². The molecule has 1 aromatic rings. The summed E-state index contributed by atoms with van der Waals surface area (Å²) in [6.07, 6.45) is 4.39. The van der Waals surface area contributed by atoms with E-state index in [-0.39, 0.29) is 17.7 Å². The fourth-order valence-corrected chi connectivity index (χ4v) is 4.07. The number of hydrogen-bond acceptors (Lipinski definition) is 4. The largest absolute Gasteiger partial charge is 0.493 e. The van der Waals surface area contributed by atoms with Gasteiger partial charge >= 0.3 is 0 Å². The Bertz CT molecular complexity index is 702. The Morgan fingerprint density at radius 1 is 1.21 bits per heavy atom. The predicted molar refractivity (Wildman–Crippen MR) is 118 cm³/mol. The van der Waals surface area contributed by atoms with Crippen LogP contribution < -0.4 is 9.47 Å². The van der Waals surface area contributed by atoms with E-state index in [0.29, 0.717) is 54.1 Å². The molecule has 1 aromatic carbocycles. The first-order chi connectivity index (χ1) is 13.9. The number of rotatable bonds is 9. The average Bonchev–Trinajstić information content (AvgIpc) is 2.75. The van der Waals surface area contributed by atoms with Crippen molar-refractivity contribution in [2.75, 3.05) is 40.4 Å². The molecule has 0 radical (unpaired) electrons. The fourth-order valence-electron chi connectivity index (χ4n) is 3.52. The molecule has 0 aliphatic carbocycles. The lowest BCUT2D eigenvalue weighted by atomic mass is 9.94. The Morgan fingerprint density at radius 2 is 1.90 bits per heavy atom. The molecule has 0 saturated carbocycles.